The van der Waals surface area contributed by atoms with E-state index in [9.17, 15) is 0 Å². The third-order valence-corrected chi connectivity index (χ3v) is 5.43. The maximum Gasteiger partial charge on any atom is 0.193 e. The zero-order chi connectivity index (χ0) is 21.8. The number of rotatable bonds is 14. The van der Waals surface area contributed by atoms with Crippen LogP contribution in [-0.2, 0) is 11.3 Å². The van der Waals surface area contributed by atoms with Gasteiger partial charge in [0.05, 0.1) is 13.7 Å². The summed E-state index contributed by atoms with van der Waals surface area (Å²) in [5.41, 5.74) is 1.11. The second-order valence-corrected chi connectivity index (χ2v) is 7.70. The lowest BCUT2D eigenvalue weighted by Crippen LogP contribution is -2.40. The number of benzene rings is 1. The summed E-state index contributed by atoms with van der Waals surface area (Å²) >= 11 is 0. The van der Waals surface area contributed by atoms with Crippen molar-refractivity contribution in [3.63, 3.8) is 0 Å². The molecule has 0 amide bonds. The van der Waals surface area contributed by atoms with Gasteiger partial charge in [-0.05, 0) is 49.5 Å². The van der Waals surface area contributed by atoms with Gasteiger partial charge in [0.15, 0.2) is 17.5 Å². The van der Waals surface area contributed by atoms with Crippen LogP contribution in [0.2, 0.25) is 0 Å². The second kappa shape index (κ2) is 15.5. The van der Waals surface area contributed by atoms with Crippen LogP contribution < -0.4 is 14.8 Å². The van der Waals surface area contributed by atoms with E-state index >= 15 is 0 Å². The number of guanidine groups is 1. The Hall–Kier alpha value is -1.26. The van der Waals surface area contributed by atoms with Crippen molar-refractivity contribution in [2.24, 2.45) is 10.9 Å². The van der Waals surface area contributed by atoms with Crippen LogP contribution in [0.15, 0.2) is 23.2 Å². The molecule has 0 atom stereocenters. The molecule has 178 valence electrons. The van der Waals surface area contributed by atoms with E-state index < -0.39 is 0 Å². The first-order valence-corrected chi connectivity index (χ1v) is 11.1. The van der Waals surface area contributed by atoms with E-state index in [4.69, 9.17) is 14.2 Å². The first kappa shape index (κ1) is 27.8. The lowest BCUT2D eigenvalue weighted by atomic mass is 10.2. The monoisotopic (exact) mass is 548 g/mol. The minimum atomic E-state index is 0. The molecule has 0 aromatic heterocycles. The van der Waals surface area contributed by atoms with Crippen molar-refractivity contribution in [3.8, 4) is 11.5 Å². The standard InChI is InChI=1S/C23H40N4O3.HI/c1-6-27(7-2)13-15-30-21-11-10-20(16-22(21)28-5)17-25-23(24-3)26(4)12-14-29-18-19-8-9-19;/h10-11,16,19H,6-9,12-15,17-18H2,1-5H3,(H,24,25);1H. The van der Waals surface area contributed by atoms with Crippen LogP contribution in [0.1, 0.15) is 32.3 Å². The van der Waals surface area contributed by atoms with Crippen molar-refractivity contribution in [3.05, 3.63) is 23.8 Å². The zero-order valence-corrected chi connectivity index (χ0v) is 22.2. The summed E-state index contributed by atoms with van der Waals surface area (Å²) in [6, 6.07) is 6.07. The fourth-order valence-corrected chi connectivity index (χ4v) is 3.17. The first-order valence-electron chi connectivity index (χ1n) is 11.1. The molecule has 1 N–H and O–H groups in total. The SMILES string of the molecule is CCN(CC)CCOc1ccc(CNC(=NC)N(C)CCOCC2CC2)cc1OC.I. The molecule has 0 radical (unpaired) electrons. The van der Waals surface area contributed by atoms with Gasteiger partial charge in [0.1, 0.15) is 6.61 Å². The quantitative estimate of drug-likeness (QED) is 0.166. The summed E-state index contributed by atoms with van der Waals surface area (Å²) in [6.45, 7) is 11.0. The number of hydrogen-bond donors (Lipinski definition) is 1. The minimum absolute atomic E-state index is 0. The smallest absolute Gasteiger partial charge is 0.193 e. The van der Waals surface area contributed by atoms with E-state index in [-0.39, 0.29) is 24.0 Å². The molecule has 1 aliphatic carbocycles. The van der Waals surface area contributed by atoms with Crippen molar-refractivity contribution in [2.45, 2.75) is 33.2 Å². The molecule has 0 saturated heterocycles. The van der Waals surface area contributed by atoms with Crippen molar-refractivity contribution in [2.75, 3.05) is 67.2 Å². The predicted octanol–water partition coefficient (Wildman–Crippen LogP) is 3.47. The van der Waals surface area contributed by atoms with Crippen molar-refractivity contribution in [1.82, 2.24) is 15.1 Å². The Labute approximate surface area is 205 Å². The Morgan fingerprint density at radius 2 is 1.87 bits per heavy atom. The zero-order valence-electron chi connectivity index (χ0n) is 19.9. The van der Waals surface area contributed by atoms with Gasteiger partial charge in [0, 0.05) is 40.3 Å². The number of likely N-dealkylation sites (N-methyl/N-ethyl adjacent to an activating group) is 2. The van der Waals surface area contributed by atoms with Gasteiger partial charge in [-0.2, -0.15) is 0 Å². The van der Waals surface area contributed by atoms with Gasteiger partial charge in [-0.3, -0.25) is 4.99 Å². The highest BCUT2D eigenvalue weighted by molar-refractivity contribution is 14.0. The van der Waals surface area contributed by atoms with Gasteiger partial charge in [-0.1, -0.05) is 19.9 Å². The molecule has 1 aromatic rings. The summed E-state index contributed by atoms with van der Waals surface area (Å²) in [5.74, 6) is 3.18. The molecule has 1 saturated carbocycles. The van der Waals surface area contributed by atoms with E-state index in [1.165, 1.54) is 12.8 Å². The van der Waals surface area contributed by atoms with E-state index in [0.717, 1.165) is 68.3 Å². The van der Waals surface area contributed by atoms with Crippen LogP contribution in [0.4, 0.5) is 0 Å². The fourth-order valence-electron chi connectivity index (χ4n) is 3.17. The summed E-state index contributed by atoms with van der Waals surface area (Å²) < 4.78 is 17.2. The largest absolute Gasteiger partial charge is 0.493 e. The van der Waals surface area contributed by atoms with Crippen molar-refractivity contribution < 1.29 is 14.2 Å². The fraction of sp³-hybridized carbons (Fsp3) is 0.696. The molecule has 0 spiro atoms. The summed E-state index contributed by atoms with van der Waals surface area (Å²) in [4.78, 5) is 8.81. The minimum Gasteiger partial charge on any atom is -0.493 e. The van der Waals surface area contributed by atoms with Crippen LogP contribution >= 0.6 is 24.0 Å². The third-order valence-electron chi connectivity index (χ3n) is 5.43. The van der Waals surface area contributed by atoms with Crippen molar-refractivity contribution in [1.29, 1.82) is 0 Å². The second-order valence-electron chi connectivity index (χ2n) is 7.70. The molecule has 0 unspecified atom stereocenters. The number of nitrogens with zero attached hydrogens (tertiary/aromatic N) is 3. The van der Waals surface area contributed by atoms with E-state index in [0.29, 0.717) is 13.2 Å². The Kier molecular flexibility index (Phi) is 13.9. The molecule has 8 heteroatoms. The number of ether oxygens (including phenoxy) is 3. The van der Waals surface area contributed by atoms with Gasteiger partial charge in [0.2, 0.25) is 0 Å². The molecule has 1 aliphatic rings. The number of nitrogens with one attached hydrogen (secondary N) is 1. The predicted molar refractivity (Wildman–Crippen MR) is 138 cm³/mol. The highest BCUT2D eigenvalue weighted by Crippen LogP contribution is 2.29. The molecule has 0 heterocycles. The van der Waals surface area contributed by atoms with Crippen LogP contribution in [-0.4, -0.2) is 83.0 Å². The number of methoxy groups -OCH3 is 1. The first-order chi connectivity index (χ1) is 14.6. The number of halogens is 1. The molecule has 31 heavy (non-hydrogen) atoms. The maximum absolute atomic E-state index is 5.95. The van der Waals surface area contributed by atoms with Gasteiger partial charge in [-0.25, -0.2) is 0 Å². The van der Waals surface area contributed by atoms with E-state index in [2.05, 4.69) is 40.0 Å². The lowest BCUT2D eigenvalue weighted by molar-refractivity contribution is 0.115. The Morgan fingerprint density at radius 3 is 2.48 bits per heavy atom. The van der Waals surface area contributed by atoms with Crippen LogP contribution in [0.3, 0.4) is 0 Å². The van der Waals surface area contributed by atoms with Crippen LogP contribution in [0, 0.1) is 5.92 Å². The van der Waals surface area contributed by atoms with Gasteiger partial charge >= 0.3 is 0 Å². The molecule has 1 aromatic carbocycles. The van der Waals surface area contributed by atoms with Gasteiger partial charge in [0.25, 0.3) is 0 Å². The molecular weight excluding hydrogens is 507 g/mol. The summed E-state index contributed by atoms with van der Waals surface area (Å²) in [5, 5.41) is 3.41. The molecular formula is C23H41IN4O3. The van der Waals surface area contributed by atoms with Gasteiger partial charge < -0.3 is 29.3 Å². The highest BCUT2D eigenvalue weighted by Gasteiger charge is 2.21. The average molecular weight is 549 g/mol. The molecule has 7 nitrogen and oxygen atoms in total. The number of hydrogen-bond acceptors (Lipinski definition) is 5. The molecule has 0 bridgehead atoms. The molecule has 1 fully saturated rings. The van der Waals surface area contributed by atoms with Gasteiger partial charge in [-0.15, -0.1) is 24.0 Å². The Balaban J connectivity index is 0.00000480. The van der Waals surface area contributed by atoms with Crippen LogP contribution in [0.5, 0.6) is 11.5 Å². The lowest BCUT2D eigenvalue weighted by Gasteiger charge is -2.22. The Bertz CT molecular complexity index is 652. The maximum atomic E-state index is 5.95. The number of aliphatic imine (C=N–C) groups is 1. The van der Waals surface area contributed by atoms with Crippen molar-refractivity contribution >= 4 is 29.9 Å². The topological polar surface area (TPSA) is 58.6 Å². The van der Waals surface area contributed by atoms with E-state index in [1.807, 2.05) is 19.2 Å². The average Bonchev–Trinajstić information content (AvgIpc) is 3.59. The molecule has 0 aliphatic heterocycles. The Morgan fingerprint density at radius 1 is 1.13 bits per heavy atom. The summed E-state index contributed by atoms with van der Waals surface area (Å²) in [7, 11) is 5.51. The van der Waals surface area contributed by atoms with Crippen LogP contribution in [0.25, 0.3) is 0 Å². The molecule has 2 rings (SSSR count). The van der Waals surface area contributed by atoms with E-state index in [1.54, 1.807) is 14.2 Å². The normalized spacial score (nSPS) is 13.7. The highest BCUT2D eigenvalue weighted by atomic mass is 127. The third kappa shape index (κ3) is 10.3. The summed E-state index contributed by atoms with van der Waals surface area (Å²) in [6.07, 6.45) is 2.64.